The van der Waals surface area contributed by atoms with Crippen LogP contribution >= 0.6 is 0 Å². The number of nitrogens with two attached hydrogens (primary N) is 1. The van der Waals surface area contributed by atoms with Gasteiger partial charge in [0.25, 0.3) is 11.8 Å². The number of rotatable bonds is 8. The summed E-state index contributed by atoms with van der Waals surface area (Å²) in [6.45, 7) is 4.77. The lowest BCUT2D eigenvalue weighted by Gasteiger charge is -2.19. The van der Waals surface area contributed by atoms with Crippen molar-refractivity contribution in [2.24, 2.45) is 5.73 Å². The molecule has 28 heavy (non-hydrogen) atoms. The second-order valence-corrected chi connectivity index (χ2v) is 6.17. The molecule has 0 saturated heterocycles. The van der Waals surface area contributed by atoms with E-state index in [9.17, 15) is 19.5 Å². The van der Waals surface area contributed by atoms with Crippen molar-refractivity contribution in [3.63, 3.8) is 0 Å². The molecule has 0 fully saturated rings. The van der Waals surface area contributed by atoms with E-state index in [0.29, 0.717) is 0 Å². The van der Waals surface area contributed by atoms with Crippen molar-refractivity contribution in [3.8, 4) is 5.95 Å². The Morgan fingerprint density at radius 2 is 2.00 bits per heavy atom. The van der Waals surface area contributed by atoms with Crippen molar-refractivity contribution in [3.05, 3.63) is 23.3 Å². The molecular formula is C15H21N7O6. The number of aryl methyl sites for hydroxylation is 2. The van der Waals surface area contributed by atoms with Crippen LogP contribution in [0.15, 0.2) is 10.6 Å². The van der Waals surface area contributed by atoms with Crippen LogP contribution < -0.4 is 16.4 Å². The van der Waals surface area contributed by atoms with Gasteiger partial charge in [-0.3, -0.25) is 4.79 Å². The highest BCUT2D eigenvalue weighted by Crippen LogP contribution is 2.17. The fourth-order valence-electron chi connectivity index (χ4n) is 2.42. The lowest BCUT2D eigenvalue weighted by atomic mass is 10.2. The number of nitrogens with zero attached hydrogens (tertiary/aromatic N) is 4. The summed E-state index contributed by atoms with van der Waals surface area (Å²) in [5.74, 6) is -2.23. The highest BCUT2D eigenvalue weighted by atomic mass is 16.5. The van der Waals surface area contributed by atoms with Gasteiger partial charge in [0.15, 0.2) is 6.04 Å². The Morgan fingerprint density at radius 1 is 1.32 bits per heavy atom. The molecule has 0 saturated carbocycles. The molecule has 2 aromatic heterocycles. The van der Waals surface area contributed by atoms with Gasteiger partial charge in [0.1, 0.15) is 6.04 Å². The van der Waals surface area contributed by atoms with Gasteiger partial charge in [-0.15, -0.1) is 0 Å². The van der Waals surface area contributed by atoms with Crippen LogP contribution in [0.5, 0.6) is 0 Å². The van der Waals surface area contributed by atoms with E-state index in [4.69, 9.17) is 15.4 Å². The summed E-state index contributed by atoms with van der Waals surface area (Å²) in [5.41, 5.74) is 6.67. The van der Waals surface area contributed by atoms with E-state index in [1.807, 2.05) is 0 Å². The zero-order valence-corrected chi connectivity index (χ0v) is 15.4. The van der Waals surface area contributed by atoms with Crippen LogP contribution in [-0.4, -0.2) is 60.2 Å². The van der Waals surface area contributed by atoms with Crippen molar-refractivity contribution in [1.82, 2.24) is 30.6 Å². The zero-order valence-electron chi connectivity index (χ0n) is 15.4. The van der Waals surface area contributed by atoms with Crippen LogP contribution in [0.25, 0.3) is 5.95 Å². The summed E-state index contributed by atoms with van der Waals surface area (Å²) in [4.78, 5) is 38.6. The lowest BCUT2D eigenvalue weighted by molar-refractivity contribution is -0.141. The first-order valence-electron chi connectivity index (χ1n) is 8.22. The van der Waals surface area contributed by atoms with E-state index < -0.39 is 36.1 Å². The topological polar surface area (TPSA) is 198 Å². The summed E-state index contributed by atoms with van der Waals surface area (Å²) in [6.07, 6.45) is -1.72. The number of carboxylic acids is 1. The third-order valence-corrected chi connectivity index (χ3v) is 3.67. The molecular weight excluding hydrogens is 374 g/mol. The predicted molar refractivity (Wildman–Crippen MR) is 92.2 cm³/mol. The maximum Gasteiger partial charge on any atom is 0.328 e. The number of nitrogens with one attached hydrogen (secondary N) is 2. The van der Waals surface area contributed by atoms with Crippen molar-refractivity contribution in [2.45, 2.75) is 45.4 Å². The number of hydrogen-bond acceptors (Lipinski definition) is 8. The molecule has 2 unspecified atom stereocenters. The summed E-state index contributed by atoms with van der Waals surface area (Å²) in [7, 11) is 0. The third kappa shape index (κ3) is 5.03. The highest BCUT2D eigenvalue weighted by Gasteiger charge is 2.29. The maximum atomic E-state index is 12.1. The fraction of sp³-hybridized carbons (Fsp3) is 0.467. The van der Waals surface area contributed by atoms with Gasteiger partial charge < -0.3 is 31.1 Å². The summed E-state index contributed by atoms with van der Waals surface area (Å²) < 4.78 is 6.52. The Labute approximate surface area is 158 Å². The normalized spacial score (nSPS) is 14.1. The number of amides is 3. The van der Waals surface area contributed by atoms with E-state index in [1.54, 1.807) is 19.9 Å². The van der Waals surface area contributed by atoms with Gasteiger partial charge in [0.2, 0.25) is 5.91 Å². The molecule has 152 valence electrons. The number of carboxylic acid groups (broad SMARTS) is 1. The van der Waals surface area contributed by atoms with Crippen molar-refractivity contribution >= 4 is 17.9 Å². The Morgan fingerprint density at radius 3 is 2.50 bits per heavy atom. The number of aromatic nitrogens is 4. The summed E-state index contributed by atoms with van der Waals surface area (Å²) in [5, 5.41) is 30.8. The van der Waals surface area contributed by atoms with Gasteiger partial charge in [-0.2, -0.15) is 10.1 Å². The lowest BCUT2D eigenvalue weighted by Crippen LogP contribution is -2.52. The van der Waals surface area contributed by atoms with Crippen molar-refractivity contribution in [1.29, 1.82) is 0 Å². The number of hydrogen-bond donors (Lipinski definition) is 5. The first-order chi connectivity index (χ1) is 13.1. The molecule has 0 radical (unpaired) electrons. The molecule has 0 aliphatic heterocycles. The smallest absolute Gasteiger partial charge is 0.328 e. The van der Waals surface area contributed by atoms with Gasteiger partial charge in [-0.25, -0.2) is 14.3 Å². The molecule has 2 aromatic rings. The van der Waals surface area contributed by atoms with E-state index in [0.717, 1.165) is 11.4 Å². The largest absolute Gasteiger partial charge is 0.480 e. The van der Waals surface area contributed by atoms with Crippen LogP contribution in [0.1, 0.15) is 36.7 Å². The van der Waals surface area contributed by atoms with Crippen LogP contribution in [0.3, 0.4) is 0 Å². The van der Waals surface area contributed by atoms with Gasteiger partial charge in [0.05, 0.1) is 18.2 Å². The highest BCUT2D eigenvalue weighted by molar-refractivity contribution is 5.83. The molecule has 3 atom stereocenters. The second kappa shape index (κ2) is 8.47. The average Bonchev–Trinajstić information content (AvgIpc) is 3.17. The number of urea groups is 1. The van der Waals surface area contributed by atoms with Crippen LogP contribution in [0.4, 0.5) is 4.79 Å². The Kier molecular flexibility index (Phi) is 6.30. The fourth-order valence-corrected chi connectivity index (χ4v) is 2.42. The zero-order chi connectivity index (χ0) is 21.0. The summed E-state index contributed by atoms with van der Waals surface area (Å²) >= 11 is 0. The van der Waals surface area contributed by atoms with Crippen molar-refractivity contribution in [2.75, 3.05) is 0 Å². The number of primary amides is 1. The molecule has 6 N–H and O–H groups in total. The van der Waals surface area contributed by atoms with Crippen LogP contribution in [0.2, 0.25) is 0 Å². The van der Waals surface area contributed by atoms with E-state index in [2.05, 4.69) is 25.9 Å². The van der Waals surface area contributed by atoms with E-state index in [-0.39, 0.29) is 18.3 Å². The monoisotopic (exact) mass is 395 g/mol. The first-order valence-corrected chi connectivity index (χ1v) is 8.22. The number of aliphatic hydroxyl groups is 1. The molecule has 2 heterocycles. The molecule has 13 heteroatoms. The van der Waals surface area contributed by atoms with Gasteiger partial charge in [-0.05, 0) is 32.0 Å². The molecule has 3 amide bonds. The van der Waals surface area contributed by atoms with E-state index in [1.165, 1.54) is 11.6 Å². The number of carbonyl (C=O) groups excluding carboxylic acids is 2. The number of aliphatic hydroxyl groups excluding tert-OH is 1. The Bertz CT molecular complexity index is 874. The van der Waals surface area contributed by atoms with Gasteiger partial charge >= 0.3 is 12.0 Å². The number of aliphatic carboxylic acids is 1. The molecule has 13 nitrogen and oxygen atoms in total. The first kappa shape index (κ1) is 20.8. The van der Waals surface area contributed by atoms with Crippen LogP contribution in [0, 0.1) is 13.8 Å². The van der Waals surface area contributed by atoms with Gasteiger partial charge in [0, 0.05) is 5.69 Å². The molecule has 0 aliphatic carbocycles. The molecule has 0 spiro atoms. The minimum absolute atomic E-state index is 0.0877. The van der Waals surface area contributed by atoms with Crippen molar-refractivity contribution < 1.29 is 29.1 Å². The quantitative estimate of drug-likeness (QED) is 0.369. The predicted octanol–water partition coefficient (Wildman–Crippen LogP) is -1.08. The Balaban J connectivity index is 2.20. The average molecular weight is 395 g/mol. The third-order valence-electron chi connectivity index (χ3n) is 3.67. The molecule has 0 bridgehead atoms. The van der Waals surface area contributed by atoms with Crippen LogP contribution in [-0.2, 0) is 9.59 Å². The standard InChI is InChI=1S/C15H21N7O6/c1-6-4-7(2)22(20-6)14-19-12(28-21-14)9(5-10(16)24)17-15(27)18-11(8(3)23)13(25)26/h4,8-9,11,23H,5H2,1-3H3,(H2,16,24)(H,25,26)(H2,17,18,27)/t8?,9-,11?/m0/s1. The summed E-state index contributed by atoms with van der Waals surface area (Å²) in [6, 6.07) is -1.84. The SMILES string of the molecule is Cc1cc(C)n(-c2noc([C@H](CC(N)=O)NC(=O)NC(C(=O)O)C(C)O)n2)n1. The maximum absolute atomic E-state index is 12.1. The molecule has 0 aliphatic rings. The second-order valence-electron chi connectivity index (χ2n) is 6.17. The molecule has 0 aromatic carbocycles. The minimum Gasteiger partial charge on any atom is -0.480 e. The minimum atomic E-state index is -1.55. The van der Waals surface area contributed by atoms with E-state index >= 15 is 0 Å². The molecule has 2 rings (SSSR count). The van der Waals surface area contributed by atoms with Gasteiger partial charge in [-0.1, -0.05) is 0 Å². The Hall–Kier alpha value is -3.48. The number of carbonyl (C=O) groups is 3.